The van der Waals surface area contributed by atoms with E-state index in [0.717, 1.165) is 6.42 Å². The maximum Gasteiger partial charge on any atom is 0.310 e. The van der Waals surface area contributed by atoms with E-state index in [1.54, 1.807) is 11.8 Å². The maximum atomic E-state index is 12.3. The number of rotatable bonds is 5. The lowest BCUT2D eigenvalue weighted by Gasteiger charge is -2.36. The van der Waals surface area contributed by atoms with Gasteiger partial charge in [0.15, 0.2) is 0 Å². The lowest BCUT2D eigenvalue weighted by atomic mass is 9.76. The monoisotopic (exact) mass is 271 g/mol. The van der Waals surface area contributed by atoms with E-state index in [1.165, 1.54) is 0 Å². The van der Waals surface area contributed by atoms with Gasteiger partial charge in [-0.3, -0.25) is 9.59 Å². The zero-order valence-corrected chi connectivity index (χ0v) is 12.3. The molecule has 1 amide bonds. The van der Waals surface area contributed by atoms with Gasteiger partial charge in [0.1, 0.15) is 0 Å². The Morgan fingerprint density at radius 1 is 1.47 bits per heavy atom. The van der Waals surface area contributed by atoms with E-state index in [4.69, 9.17) is 4.74 Å². The Labute approximate surface area is 114 Å². The van der Waals surface area contributed by atoms with Gasteiger partial charge in [0, 0.05) is 19.5 Å². The number of hydrogen-bond donors (Lipinski definition) is 1. The Hall–Kier alpha value is -1.10. The van der Waals surface area contributed by atoms with Crippen molar-refractivity contribution in [1.29, 1.82) is 0 Å². The van der Waals surface area contributed by atoms with Crippen LogP contribution in [-0.2, 0) is 14.3 Å². The number of hydrogen-bond acceptors (Lipinski definition) is 3. The highest BCUT2D eigenvalue weighted by Crippen LogP contribution is 2.32. The second kappa shape index (κ2) is 6.37. The molecule has 1 fully saturated rings. The van der Waals surface area contributed by atoms with Gasteiger partial charge in [0.05, 0.1) is 18.1 Å². The van der Waals surface area contributed by atoms with Crippen molar-refractivity contribution in [3.8, 4) is 0 Å². The fourth-order valence-electron chi connectivity index (χ4n) is 2.15. The van der Waals surface area contributed by atoms with E-state index in [-0.39, 0.29) is 24.3 Å². The van der Waals surface area contributed by atoms with Crippen molar-refractivity contribution >= 4 is 11.9 Å². The molecule has 1 aliphatic rings. The van der Waals surface area contributed by atoms with Crippen LogP contribution in [0.5, 0.6) is 0 Å². The van der Waals surface area contributed by atoms with Crippen LogP contribution in [0, 0.1) is 11.3 Å². The van der Waals surface area contributed by atoms with Gasteiger partial charge in [-0.1, -0.05) is 20.8 Å². The molecule has 1 saturated heterocycles. The Balaban J connectivity index is 2.70. The van der Waals surface area contributed by atoms with E-state index in [1.807, 2.05) is 20.8 Å². The lowest BCUT2D eigenvalue weighted by Crippen LogP contribution is -2.48. The molecule has 0 aromatic rings. The number of carbonyl (C=O) groups excluding carboxylic acids is 1. The highest BCUT2D eigenvalue weighted by Gasteiger charge is 2.40. The molecule has 1 N–H and O–H groups in total. The van der Waals surface area contributed by atoms with Crippen LogP contribution < -0.4 is 0 Å². The molecular formula is C14H25NO4. The quantitative estimate of drug-likeness (QED) is 0.827. The molecule has 0 spiro atoms. The standard InChI is InChI=1S/C14H25NO4/c1-5-11-9-15(6-7-19-11)12(16)8-14(4,10(2)3)13(17)18/h10-11H,5-9H2,1-4H3,(H,17,18). The van der Waals surface area contributed by atoms with Gasteiger partial charge in [-0.05, 0) is 19.3 Å². The number of ether oxygens (including phenoxy) is 1. The second-order valence-corrected chi connectivity index (χ2v) is 5.79. The zero-order valence-electron chi connectivity index (χ0n) is 12.3. The van der Waals surface area contributed by atoms with E-state index in [9.17, 15) is 14.7 Å². The van der Waals surface area contributed by atoms with Crippen LogP contribution in [0.15, 0.2) is 0 Å². The Kier molecular flexibility index (Phi) is 5.35. The summed E-state index contributed by atoms with van der Waals surface area (Å²) in [5, 5.41) is 9.35. The molecule has 2 unspecified atom stereocenters. The number of carboxylic acids is 1. The molecule has 0 bridgehead atoms. The number of morpholine rings is 1. The van der Waals surface area contributed by atoms with Crippen molar-refractivity contribution in [1.82, 2.24) is 4.90 Å². The first-order valence-corrected chi connectivity index (χ1v) is 6.94. The third kappa shape index (κ3) is 3.69. The van der Waals surface area contributed by atoms with Crippen molar-refractivity contribution in [2.24, 2.45) is 11.3 Å². The molecule has 0 aromatic heterocycles. The van der Waals surface area contributed by atoms with Gasteiger partial charge < -0.3 is 14.7 Å². The van der Waals surface area contributed by atoms with Gasteiger partial charge >= 0.3 is 5.97 Å². The van der Waals surface area contributed by atoms with Crippen LogP contribution >= 0.6 is 0 Å². The summed E-state index contributed by atoms with van der Waals surface area (Å²) in [4.78, 5) is 25.4. The summed E-state index contributed by atoms with van der Waals surface area (Å²) in [5.74, 6) is -1.08. The van der Waals surface area contributed by atoms with Crippen molar-refractivity contribution in [2.45, 2.75) is 46.6 Å². The summed E-state index contributed by atoms with van der Waals surface area (Å²) in [7, 11) is 0. The highest BCUT2D eigenvalue weighted by molar-refractivity contribution is 5.85. The normalized spacial score (nSPS) is 23.2. The minimum absolute atomic E-state index is 0.0520. The topological polar surface area (TPSA) is 66.8 Å². The van der Waals surface area contributed by atoms with Gasteiger partial charge in [-0.2, -0.15) is 0 Å². The molecule has 2 atom stereocenters. The van der Waals surface area contributed by atoms with Crippen LogP contribution in [0.3, 0.4) is 0 Å². The largest absolute Gasteiger partial charge is 0.481 e. The summed E-state index contributed by atoms with van der Waals surface area (Å²) >= 11 is 0. The van der Waals surface area contributed by atoms with E-state index >= 15 is 0 Å². The van der Waals surface area contributed by atoms with Gasteiger partial charge in [-0.15, -0.1) is 0 Å². The summed E-state index contributed by atoms with van der Waals surface area (Å²) in [6.45, 7) is 9.02. The molecule has 1 rings (SSSR count). The van der Waals surface area contributed by atoms with Crippen molar-refractivity contribution < 1.29 is 19.4 Å². The molecular weight excluding hydrogens is 246 g/mol. The van der Waals surface area contributed by atoms with E-state index in [0.29, 0.717) is 19.7 Å². The third-order valence-corrected chi connectivity index (χ3v) is 4.23. The van der Waals surface area contributed by atoms with Crippen molar-refractivity contribution in [3.05, 3.63) is 0 Å². The van der Waals surface area contributed by atoms with Gasteiger partial charge in [0.2, 0.25) is 5.91 Å². The average molecular weight is 271 g/mol. The molecule has 0 saturated carbocycles. The zero-order chi connectivity index (χ0) is 14.6. The summed E-state index contributed by atoms with van der Waals surface area (Å²) in [6.07, 6.45) is 0.994. The maximum absolute atomic E-state index is 12.3. The molecule has 0 radical (unpaired) electrons. The molecule has 5 nitrogen and oxygen atoms in total. The van der Waals surface area contributed by atoms with Crippen LogP contribution in [-0.4, -0.2) is 47.7 Å². The molecule has 19 heavy (non-hydrogen) atoms. The number of nitrogens with zero attached hydrogens (tertiary/aromatic N) is 1. The molecule has 1 heterocycles. The fraction of sp³-hybridized carbons (Fsp3) is 0.857. The average Bonchev–Trinajstić information content (AvgIpc) is 2.38. The number of aliphatic carboxylic acids is 1. The highest BCUT2D eigenvalue weighted by atomic mass is 16.5. The summed E-state index contributed by atoms with van der Waals surface area (Å²) in [6, 6.07) is 0. The molecule has 0 aliphatic carbocycles. The number of carboxylic acid groups (broad SMARTS) is 1. The fourth-order valence-corrected chi connectivity index (χ4v) is 2.15. The molecule has 1 aliphatic heterocycles. The van der Waals surface area contributed by atoms with Gasteiger partial charge in [0.25, 0.3) is 0 Å². The van der Waals surface area contributed by atoms with E-state index in [2.05, 4.69) is 0 Å². The van der Waals surface area contributed by atoms with Crippen LogP contribution in [0.25, 0.3) is 0 Å². The van der Waals surface area contributed by atoms with Crippen LogP contribution in [0.4, 0.5) is 0 Å². The summed E-state index contributed by atoms with van der Waals surface area (Å²) in [5.41, 5.74) is -1.00. The summed E-state index contributed by atoms with van der Waals surface area (Å²) < 4.78 is 5.52. The van der Waals surface area contributed by atoms with Crippen molar-refractivity contribution in [3.63, 3.8) is 0 Å². The molecule has 110 valence electrons. The number of carbonyl (C=O) groups is 2. The Morgan fingerprint density at radius 3 is 2.58 bits per heavy atom. The third-order valence-electron chi connectivity index (χ3n) is 4.23. The van der Waals surface area contributed by atoms with E-state index < -0.39 is 11.4 Å². The van der Waals surface area contributed by atoms with Crippen LogP contribution in [0.2, 0.25) is 0 Å². The van der Waals surface area contributed by atoms with Crippen LogP contribution in [0.1, 0.15) is 40.5 Å². The second-order valence-electron chi connectivity index (χ2n) is 5.79. The molecule has 0 aromatic carbocycles. The first-order chi connectivity index (χ1) is 8.81. The SMILES string of the molecule is CCC1CN(C(=O)CC(C)(C(=O)O)C(C)C)CCO1. The number of amides is 1. The first-order valence-electron chi connectivity index (χ1n) is 6.94. The molecule has 5 heteroatoms. The van der Waals surface area contributed by atoms with Gasteiger partial charge in [-0.25, -0.2) is 0 Å². The predicted molar refractivity (Wildman–Crippen MR) is 71.8 cm³/mol. The Morgan fingerprint density at radius 2 is 2.11 bits per heavy atom. The Bertz CT molecular complexity index is 342. The van der Waals surface area contributed by atoms with Crippen molar-refractivity contribution in [2.75, 3.05) is 19.7 Å². The minimum atomic E-state index is -1.00. The smallest absolute Gasteiger partial charge is 0.310 e. The lowest BCUT2D eigenvalue weighted by molar-refractivity contribution is -0.157. The minimum Gasteiger partial charge on any atom is -0.481 e. The first kappa shape index (κ1) is 16.0. The predicted octanol–water partition coefficient (Wildman–Crippen LogP) is 1.76.